The molecule has 0 bridgehead atoms. The molecule has 2 saturated carbocycles. The molecule has 1 unspecified atom stereocenters. The van der Waals surface area contributed by atoms with Gasteiger partial charge in [-0.3, -0.25) is 0 Å². The van der Waals surface area contributed by atoms with Crippen molar-refractivity contribution in [1.82, 2.24) is 0 Å². The molecule has 0 aromatic carbocycles. The standard InChI is InChI=1S/C23H42OSi/c1-17(2)11-10-12-18(3)19-13-14-20-22(4,5)21(24-25(7,8)9)15-16-23(19,20)6/h11,19-21H,3,10,12-16H2,1-2,4-9H3/t19?,20-,21-,23+/m0/s1. The third-order valence-corrected chi connectivity index (χ3v) is 8.01. The van der Waals surface area contributed by atoms with Gasteiger partial charge in [0.2, 0.25) is 0 Å². The molecule has 0 amide bonds. The van der Waals surface area contributed by atoms with Crippen LogP contribution in [0.3, 0.4) is 0 Å². The summed E-state index contributed by atoms with van der Waals surface area (Å²) >= 11 is 0. The van der Waals surface area contributed by atoms with Crippen LogP contribution in [0.2, 0.25) is 19.6 Å². The van der Waals surface area contributed by atoms with Crippen molar-refractivity contribution in [2.24, 2.45) is 22.7 Å². The van der Waals surface area contributed by atoms with Gasteiger partial charge < -0.3 is 4.43 Å². The van der Waals surface area contributed by atoms with Gasteiger partial charge in [-0.1, -0.05) is 44.6 Å². The maximum Gasteiger partial charge on any atom is 0.184 e. The fourth-order valence-corrected chi connectivity index (χ4v) is 7.15. The molecule has 2 rings (SSSR count). The highest BCUT2D eigenvalue weighted by Crippen LogP contribution is 2.64. The zero-order chi connectivity index (χ0) is 19.0. The van der Waals surface area contributed by atoms with E-state index in [9.17, 15) is 0 Å². The van der Waals surface area contributed by atoms with Crippen molar-refractivity contribution in [2.45, 2.75) is 98.9 Å². The van der Waals surface area contributed by atoms with Crippen LogP contribution in [0.4, 0.5) is 0 Å². The zero-order valence-electron chi connectivity index (χ0n) is 18.2. The van der Waals surface area contributed by atoms with Crippen LogP contribution in [0.1, 0.15) is 73.1 Å². The van der Waals surface area contributed by atoms with Crippen LogP contribution in [-0.4, -0.2) is 14.4 Å². The van der Waals surface area contributed by atoms with Crippen LogP contribution in [0.5, 0.6) is 0 Å². The van der Waals surface area contributed by atoms with E-state index in [0.29, 0.717) is 17.4 Å². The molecule has 0 aliphatic heterocycles. The Bertz CT molecular complexity index is 521. The van der Waals surface area contributed by atoms with E-state index >= 15 is 0 Å². The van der Waals surface area contributed by atoms with Gasteiger partial charge in [0.15, 0.2) is 8.32 Å². The summed E-state index contributed by atoms with van der Waals surface area (Å²) in [6.07, 6.45) is 10.3. The molecule has 1 nitrogen and oxygen atoms in total. The third kappa shape index (κ3) is 4.50. The fraction of sp³-hybridized carbons (Fsp3) is 0.826. The zero-order valence-corrected chi connectivity index (χ0v) is 19.2. The van der Waals surface area contributed by atoms with E-state index < -0.39 is 8.32 Å². The second kappa shape index (κ2) is 7.35. The van der Waals surface area contributed by atoms with Gasteiger partial charge in [0.25, 0.3) is 0 Å². The van der Waals surface area contributed by atoms with Crippen molar-refractivity contribution < 1.29 is 4.43 Å². The van der Waals surface area contributed by atoms with Crippen molar-refractivity contribution >= 4 is 8.32 Å². The second-order valence-electron chi connectivity index (χ2n) is 10.7. The lowest BCUT2D eigenvalue weighted by Gasteiger charge is -2.54. The molecule has 144 valence electrons. The molecule has 4 atom stereocenters. The molecule has 2 heteroatoms. The van der Waals surface area contributed by atoms with Crippen molar-refractivity contribution in [2.75, 3.05) is 0 Å². The monoisotopic (exact) mass is 362 g/mol. The fourth-order valence-electron chi connectivity index (χ4n) is 5.87. The average molecular weight is 363 g/mol. The van der Waals surface area contributed by atoms with E-state index in [4.69, 9.17) is 4.43 Å². The molecular weight excluding hydrogens is 320 g/mol. The third-order valence-electron chi connectivity index (χ3n) is 7.02. The molecule has 0 N–H and O–H groups in total. The Balaban J connectivity index is 2.13. The summed E-state index contributed by atoms with van der Waals surface area (Å²) in [5, 5.41) is 0. The van der Waals surface area contributed by atoms with Crippen LogP contribution in [0, 0.1) is 22.7 Å². The number of rotatable bonds is 6. The molecule has 2 aliphatic carbocycles. The number of allylic oxidation sites excluding steroid dienone is 3. The molecule has 25 heavy (non-hydrogen) atoms. The van der Waals surface area contributed by atoms with E-state index in [1.54, 1.807) is 0 Å². The summed E-state index contributed by atoms with van der Waals surface area (Å²) in [4.78, 5) is 0. The normalized spacial score (nSPS) is 34.5. The summed E-state index contributed by atoms with van der Waals surface area (Å²) < 4.78 is 6.64. The van der Waals surface area contributed by atoms with Gasteiger partial charge in [0.05, 0.1) is 6.10 Å². The Morgan fingerprint density at radius 1 is 1.12 bits per heavy atom. The molecule has 0 radical (unpaired) electrons. The minimum atomic E-state index is -1.49. The van der Waals surface area contributed by atoms with Gasteiger partial charge in [-0.05, 0) is 94.7 Å². The van der Waals surface area contributed by atoms with E-state index in [0.717, 1.165) is 18.8 Å². The Morgan fingerprint density at radius 3 is 2.32 bits per heavy atom. The van der Waals surface area contributed by atoms with Crippen LogP contribution in [0.15, 0.2) is 23.8 Å². The SMILES string of the molecule is C=C(CCC=C(C)C)C1CC[C@H]2C(C)(C)[C@@H](O[Si](C)(C)C)CC[C@]12C. The maximum absolute atomic E-state index is 6.64. The summed E-state index contributed by atoms with van der Waals surface area (Å²) in [5.41, 5.74) is 3.63. The average Bonchev–Trinajstić information content (AvgIpc) is 2.80. The smallest absolute Gasteiger partial charge is 0.184 e. The first kappa shape index (κ1) is 21.0. The highest BCUT2D eigenvalue weighted by molar-refractivity contribution is 6.69. The summed E-state index contributed by atoms with van der Waals surface area (Å²) in [7, 11) is -1.49. The number of fused-ring (bicyclic) bond motifs is 1. The van der Waals surface area contributed by atoms with Gasteiger partial charge >= 0.3 is 0 Å². The van der Waals surface area contributed by atoms with Gasteiger partial charge in [-0.15, -0.1) is 0 Å². The van der Waals surface area contributed by atoms with E-state index in [1.807, 2.05) is 0 Å². The second-order valence-corrected chi connectivity index (χ2v) is 15.2. The minimum Gasteiger partial charge on any atom is -0.414 e. The first-order valence-electron chi connectivity index (χ1n) is 10.4. The van der Waals surface area contributed by atoms with Gasteiger partial charge in [-0.25, -0.2) is 0 Å². The van der Waals surface area contributed by atoms with Crippen LogP contribution >= 0.6 is 0 Å². The minimum absolute atomic E-state index is 0.280. The lowest BCUT2D eigenvalue weighted by Crippen LogP contribution is -2.52. The van der Waals surface area contributed by atoms with E-state index in [-0.39, 0.29) is 5.41 Å². The quantitative estimate of drug-likeness (QED) is 0.354. The largest absolute Gasteiger partial charge is 0.414 e. The predicted octanol–water partition coefficient (Wildman–Crippen LogP) is 7.36. The highest BCUT2D eigenvalue weighted by atomic mass is 28.4. The Kier molecular flexibility index (Phi) is 6.16. The van der Waals surface area contributed by atoms with E-state index in [2.05, 4.69) is 66.9 Å². The van der Waals surface area contributed by atoms with Gasteiger partial charge in [0.1, 0.15) is 0 Å². The van der Waals surface area contributed by atoms with Crippen molar-refractivity contribution in [3.8, 4) is 0 Å². The van der Waals surface area contributed by atoms with Crippen molar-refractivity contribution in [3.63, 3.8) is 0 Å². The van der Waals surface area contributed by atoms with Gasteiger partial charge in [-0.2, -0.15) is 0 Å². The number of hydrogen-bond acceptors (Lipinski definition) is 1. The van der Waals surface area contributed by atoms with Crippen LogP contribution in [0.25, 0.3) is 0 Å². The predicted molar refractivity (Wildman–Crippen MR) is 113 cm³/mol. The lowest BCUT2D eigenvalue weighted by atomic mass is 9.54. The maximum atomic E-state index is 6.64. The van der Waals surface area contributed by atoms with Crippen LogP contribution < -0.4 is 0 Å². The summed E-state index contributed by atoms with van der Waals surface area (Å²) in [6, 6.07) is 0. The molecule has 0 spiro atoms. The molecule has 0 heterocycles. The molecule has 0 saturated heterocycles. The Labute approximate surface area is 158 Å². The Morgan fingerprint density at radius 2 is 1.76 bits per heavy atom. The van der Waals surface area contributed by atoms with E-state index in [1.165, 1.54) is 36.8 Å². The number of hydrogen-bond donors (Lipinski definition) is 0. The Hall–Kier alpha value is -0.343. The van der Waals surface area contributed by atoms with Crippen LogP contribution in [-0.2, 0) is 4.43 Å². The molecule has 0 aromatic heterocycles. The topological polar surface area (TPSA) is 9.23 Å². The molecule has 2 aliphatic rings. The van der Waals surface area contributed by atoms with Gasteiger partial charge in [0, 0.05) is 0 Å². The first-order valence-corrected chi connectivity index (χ1v) is 13.8. The van der Waals surface area contributed by atoms with Crippen molar-refractivity contribution in [3.05, 3.63) is 23.8 Å². The lowest BCUT2D eigenvalue weighted by molar-refractivity contribution is -0.0802. The summed E-state index contributed by atoms with van der Waals surface area (Å²) in [5.74, 6) is 1.47. The highest BCUT2D eigenvalue weighted by Gasteiger charge is 2.58. The molecule has 0 aromatic rings. The summed E-state index contributed by atoms with van der Waals surface area (Å²) in [6.45, 7) is 23.4. The first-order chi connectivity index (χ1) is 11.4. The van der Waals surface area contributed by atoms with Crippen molar-refractivity contribution in [1.29, 1.82) is 0 Å². The molecule has 2 fully saturated rings. The molecular formula is C23H42OSi.